The van der Waals surface area contributed by atoms with Crippen LogP contribution in [0.4, 0.5) is 10.5 Å². The van der Waals surface area contributed by atoms with Gasteiger partial charge in [-0.05, 0) is 70.4 Å². The number of carbonyl (C=O) groups excluding carboxylic acids is 3. The molecule has 0 unspecified atom stereocenters. The summed E-state index contributed by atoms with van der Waals surface area (Å²) in [5, 5.41) is 0.639. The maximum Gasteiger partial charge on any atom is 0.334 e. The average Bonchev–Trinajstić information content (AvgIpc) is 2.98. The van der Waals surface area contributed by atoms with Crippen LogP contribution in [0.2, 0.25) is 5.02 Å². The third-order valence-electron chi connectivity index (χ3n) is 6.62. The Bertz CT molecular complexity index is 1090. The SMILES string of the molecule is C=COCCCCN1/C(=C\C=C2C(=O)N(C(C)C)C(=O)N(C(C)C)C2=O)C(C)(C)c2ccc(Cl)cc21. The summed E-state index contributed by atoms with van der Waals surface area (Å²) in [6.45, 7) is 16.1. The number of unbranched alkanes of at least 4 members (excludes halogenated alkanes) is 1. The molecule has 2 aliphatic rings. The standard InChI is InChI=1S/C28H36ClN3O4/c1-8-36-16-10-9-15-30-23-17-20(29)11-13-22(23)28(6,7)24(30)14-12-21-25(33)31(18(2)3)27(35)32(19(4)5)26(21)34/h8,11-14,17-19H,1,9-10,15-16H2,2-7H3/b24-14-. The van der Waals surface area contributed by atoms with Gasteiger partial charge in [0.2, 0.25) is 0 Å². The Kier molecular flexibility index (Phi) is 8.34. The molecule has 8 heteroatoms. The lowest BCUT2D eigenvalue weighted by Gasteiger charge is -2.38. The minimum atomic E-state index is -0.577. The van der Waals surface area contributed by atoms with Crippen molar-refractivity contribution >= 4 is 35.1 Å². The molecule has 0 saturated carbocycles. The van der Waals surface area contributed by atoms with Gasteiger partial charge in [-0.3, -0.25) is 19.4 Å². The van der Waals surface area contributed by atoms with Gasteiger partial charge in [-0.15, -0.1) is 0 Å². The van der Waals surface area contributed by atoms with Crippen LogP contribution in [0.5, 0.6) is 0 Å². The van der Waals surface area contributed by atoms with Crippen LogP contribution in [-0.4, -0.2) is 52.9 Å². The maximum atomic E-state index is 13.2. The molecule has 0 bridgehead atoms. The molecule has 0 aromatic heterocycles. The van der Waals surface area contributed by atoms with E-state index in [0.29, 0.717) is 18.2 Å². The van der Waals surface area contributed by atoms with Crippen molar-refractivity contribution in [3.8, 4) is 0 Å². The van der Waals surface area contributed by atoms with Gasteiger partial charge >= 0.3 is 6.03 Å². The quantitative estimate of drug-likeness (QED) is 0.181. The van der Waals surface area contributed by atoms with Crippen LogP contribution < -0.4 is 4.90 Å². The Morgan fingerprint density at radius 2 is 1.61 bits per heavy atom. The fourth-order valence-electron chi connectivity index (χ4n) is 4.80. The lowest BCUT2D eigenvalue weighted by atomic mass is 9.83. The number of urea groups is 1. The van der Waals surface area contributed by atoms with Gasteiger partial charge in [0.25, 0.3) is 11.8 Å². The first kappa shape index (κ1) is 27.5. The zero-order valence-electron chi connectivity index (χ0n) is 22.0. The van der Waals surface area contributed by atoms with E-state index in [0.717, 1.165) is 39.6 Å². The fraction of sp³-hybridized carbons (Fsp3) is 0.464. The first-order chi connectivity index (χ1) is 16.9. The average molecular weight is 514 g/mol. The number of anilines is 1. The molecule has 4 amide bonds. The number of carbonyl (C=O) groups is 3. The number of halogens is 1. The number of hydrogen-bond donors (Lipinski definition) is 0. The van der Waals surface area contributed by atoms with Gasteiger partial charge in [0.15, 0.2) is 0 Å². The lowest BCUT2D eigenvalue weighted by Crippen LogP contribution is -2.60. The molecule has 1 aromatic rings. The Balaban J connectivity index is 2.05. The van der Waals surface area contributed by atoms with Crippen LogP contribution in [0.1, 0.15) is 59.9 Å². The highest BCUT2D eigenvalue weighted by Crippen LogP contribution is 2.48. The molecule has 0 aliphatic carbocycles. The van der Waals surface area contributed by atoms with Gasteiger partial charge in [0, 0.05) is 40.5 Å². The Hall–Kier alpha value is -3.06. The van der Waals surface area contributed by atoms with E-state index in [1.54, 1.807) is 33.8 Å². The molecule has 0 atom stereocenters. The summed E-state index contributed by atoms with van der Waals surface area (Å²) in [7, 11) is 0. The molecule has 7 nitrogen and oxygen atoms in total. The van der Waals surface area contributed by atoms with E-state index in [1.807, 2.05) is 24.3 Å². The van der Waals surface area contributed by atoms with Crippen molar-refractivity contribution in [1.82, 2.24) is 9.80 Å². The molecule has 1 fully saturated rings. The van der Waals surface area contributed by atoms with Gasteiger partial charge in [-0.2, -0.15) is 0 Å². The van der Waals surface area contributed by atoms with Crippen LogP contribution in [-0.2, 0) is 19.7 Å². The number of barbiturate groups is 1. The van der Waals surface area contributed by atoms with Crippen molar-refractivity contribution in [2.24, 2.45) is 0 Å². The molecule has 3 rings (SSSR count). The summed E-state index contributed by atoms with van der Waals surface area (Å²) >= 11 is 6.35. The summed E-state index contributed by atoms with van der Waals surface area (Å²) in [4.78, 5) is 43.9. The monoisotopic (exact) mass is 513 g/mol. The van der Waals surface area contributed by atoms with Crippen LogP contribution in [0.3, 0.4) is 0 Å². The normalized spacial score (nSPS) is 18.6. The van der Waals surface area contributed by atoms with Crippen molar-refractivity contribution < 1.29 is 19.1 Å². The van der Waals surface area contributed by atoms with Crippen molar-refractivity contribution in [1.29, 1.82) is 0 Å². The predicted octanol–water partition coefficient (Wildman–Crippen LogP) is 5.80. The van der Waals surface area contributed by atoms with E-state index in [-0.39, 0.29) is 23.1 Å². The van der Waals surface area contributed by atoms with E-state index >= 15 is 0 Å². The van der Waals surface area contributed by atoms with Gasteiger partial charge in [-0.25, -0.2) is 4.79 Å². The van der Waals surface area contributed by atoms with E-state index in [9.17, 15) is 14.4 Å². The lowest BCUT2D eigenvalue weighted by molar-refractivity contribution is -0.137. The van der Waals surface area contributed by atoms with Crippen molar-refractivity contribution in [3.05, 3.63) is 65.0 Å². The Morgan fingerprint density at radius 3 is 2.17 bits per heavy atom. The van der Waals surface area contributed by atoms with Crippen LogP contribution in [0.25, 0.3) is 0 Å². The number of rotatable bonds is 9. The summed E-state index contributed by atoms with van der Waals surface area (Å²) in [5.41, 5.74) is 2.66. The van der Waals surface area contributed by atoms with Crippen LogP contribution in [0.15, 0.2) is 54.5 Å². The van der Waals surface area contributed by atoms with E-state index < -0.39 is 17.8 Å². The first-order valence-electron chi connectivity index (χ1n) is 12.4. The molecule has 1 saturated heterocycles. The second-order valence-electron chi connectivity index (χ2n) is 10.1. The highest BCUT2D eigenvalue weighted by molar-refractivity contribution is 6.31. The van der Waals surface area contributed by atoms with Crippen LogP contribution in [0, 0.1) is 0 Å². The van der Waals surface area contributed by atoms with Gasteiger partial charge in [0.1, 0.15) is 5.57 Å². The number of allylic oxidation sites excluding steroid dienone is 3. The summed E-state index contributed by atoms with van der Waals surface area (Å²) in [6.07, 6.45) is 6.55. The smallest absolute Gasteiger partial charge is 0.334 e. The summed E-state index contributed by atoms with van der Waals surface area (Å²) in [5.74, 6) is -1.14. The topological polar surface area (TPSA) is 70.2 Å². The number of imide groups is 2. The molecule has 1 aromatic carbocycles. The highest BCUT2D eigenvalue weighted by Gasteiger charge is 2.44. The Labute approximate surface area is 219 Å². The third-order valence-corrected chi connectivity index (χ3v) is 6.85. The van der Waals surface area contributed by atoms with Gasteiger partial charge in [-0.1, -0.05) is 38.1 Å². The second-order valence-corrected chi connectivity index (χ2v) is 10.6. The number of benzene rings is 1. The zero-order valence-corrected chi connectivity index (χ0v) is 22.8. The van der Waals surface area contributed by atoms with Crippen molar-refractivity contribution in [2.75, 3.05) is 18.1 Å². The highest BCUT2D eigenvalue weighted by atomic mass is 35.5. The van der Waals surface area contributed by atoms with Gasteiger partial charge < -0.3 is 9.64 Å². The maximum absolute atomic E-state index is 13.2. The van der Waals surface area contributed by atoms with E-state index in [2.05, 4.69) is 25.3 Å². The van der Waals surface area contributed by atoms with E-state index in [1.165, 1.54) is 6.26 Å². The predicted molar refractivity (Wildman–Crippen MR) is 143 cm³/mol. The fourth-order valence-corrected chi connectivity index (χ4v) is 4.96. The summed E-state index contributed by atoms with van der Waals surface area (Å²) in [6, 6.07) is 4.52. The third kappa shape index (κ3) is 5.07. The molecule has 0 spiro atoms. The minimum absolute atomic E-state index is 0.0198. The molecule has 36 heavy (non-hydrogen) atoms. The molecule has 0 radical (unpaired) electrons. The molecule has 2 heterocycles. The molecular formula is C28H36ClN3O4. The largest absolute Gasteiger partial charge is 0.502 e. The number of hydrogen-bond acceptors (Lipinski definition) is 5. The minimum Gasteiger partial charge on any atom is -0.502 e. The number of amides is 4. The van der Waals surface area contributed by atoms with Crippen molar-refractivity contribution in [3.63, 3.8) is 0 Å². The van der Waals surface area contributed by atoms with Gasteiger partial charge in [0.05, 0.1) is 12.9 Å². The van der Waals surface area contributed by atoms with Crippen molar-refractivity contribution in [2.45, 2.75) is 71.9 Å². The molecular weight excluding hydrogens is 478 g/mol. The molecule has 2 aliphatic heterocycles. The molecule has 194 valence electrons. The van der Waals surface area contributed by atoms with E-state index in [4.69, 9.17) is 16.3 Å². The second kappa shape index (κ2) is 10.9. The summed E-state index contributed by atoms with van der Waals surface area (Å²) < 4.78 is 5.26. The van der Waals surface area contributed by atoms with Crippen LogP contribution >= 0.6 is 11.6 Å². The number of ether oxygens (including phenoxy) is 1. The zero-order chi connectivity index (χ0) is 26.8. The number of nitrogens with zero attached hydrogens (tertiary/aromatic N) is 3. The first-order valence-corrected chi connectivity index (χ1v) is 12.7. The number of fused-ring (bicyclic) bond motifs is 1. The molecule has 0 N–H and O–H groups in total. The Morgan fingerprint density at radius 1 is 1.00 bits per heavy atom.